The maximum absolute atomic E-state index is 13.9. The summed E-state index contributed by atoms with van der Waals surface area (Å²) in [6.07, 6.45) is 8.06. The van der Waals surface area contributed by atoms with E-state index in [0.717, 1.165) is 36.6 Å². The van der Waals surface area contributed by atoms with Crippen molar-refractivity contribution in [2.24, 2.45) is 0 Å². The Morgan fingerprint density at radius 1 is 1.25 bits per heavy atom. The van der Waals surface area contributed by atoms with Gasteiger partial charge in [0.05, 0.1) is 16.7 Å². The summed E-state index contributed by atoms with van der Waals surface area (Å²) in [7, 11) is 0. The predicted octanol–water partition coefficient (Wildman–Crippen LogP) is 3.77. The van der Waals surface area contributed by atoms with Crippen LogP contribution in [0.15, 0.2) is 29.2 Å². The lowest BCUT2D eigenvalue weighted by Crippen LogP contribution is -2.15. The largest absolute Gasteiger partial charge is 0.396 e. The Kier molecular flexibility index (Phi) is 4.22. The molecule has 0 bridgehead atoms. The van der Waals surface area contributed by atoms with Crippen LogP contribution < -0.4 is 17.0 Å². The fraction of sp³-hybridized carbons (Fsp3) is 0.190. The first-order valence-corrected chi connectivity index (χ1v) is 9.03. The van der Waals surface area contributed by atoms with Crippen LogP contribution in [0.4, 0.5) is 15.8 Å². The van der Waals surface area contributed by atoms with Gasteiger partial charge in [0, 0.05) is 29.1 Å². The summed E-state index contributed by atoms with van der Waals surface area (Å²) >= 11 is 0. The van der Waals surface area contributed by atoms with E-state index < -0.39 is 11.4 Å². The van der Waals surface area contributed by atoms with Crippen molar-refractivity contribution in [1.29, 1.82) is 5.41 Å². The molecule has 0 radical (unpaired) electrons. The fourth-order valence-electron chi connectivity index (χ4n) is 3.86. The van der Waals surface area contributed by atoms with Crippen LogP contribution in [0.5, 0.6) is 0 Å². The number of aromatic amines is 1. The van der Waals surface area contributed by atoms with E-state index in [9.17, 15) is 9.18 Å². The minimum atomic E-state index is -0.630. The summed E-state index contributed by atoms with van der Waals surface area (Å²) in [4.78, 5) is 20.0. The molecule has 1 aliphatic carbocycles. The summed E-state index contributed by atoms with van der Waals surface area (Å²) < 4.78 is 13.9. The van der Waals surface area contributed by atoms with Gasteiger partial charge in [-0.1, -0.05) is 12.1 Å². The molecule has 0 aliphatic heterocycles. The number of hydrogen-bond acceptors (Lipinski definition) is 5. The Hall–Kier alpha value is -3.48. The zero-order valence-corrected chi connectivity index (χ0v) is 15.4. The number of nitrogens with zero attached hydrogens (tertiary/aromatic N) is 1. The molecular formula is C21H20FN5O. The van der Waals surface area contributed by atoms with E-state index in [1.807, 2.05) is 6.92 Å². The predicted molar refractivity (Wildman–Crippen MR) is 111 cm³/mol. The maximum atomic E-state index is 13.9. The molecule has 0 saturated heterocycles. The average Bonchev–Trinajstić information content (AvgIpc) is 3.21. The molecule has 0 fully saturated rings. The summed E-state index contributed by atoms with van der Waals surface area (Å²) in [5.41, 5.74) is 16.4. The van der Waals surface area contributed by atoms with Gasteiger partial charge in [-0.3, -0.25) is 9.78 Å². The number of halogens is 1. The van der Waals surface area contributed by atoms with E-state index in [0.29, 0.717) is 22.2 Å². The summed E-state index contributed by atoms with van der Waals surface area (Å²) in [5, 5.41) is 7.67. The van der Waals surface area contributed by atoms with Crippen molar-refractivity contribution in [3.63, 3.8) is 0 Å². The smallest absolute Gasteiger partial charge is 0.272 e. The molecule has 142 valence electrons. The first kappa shape index (κ1) is 17.9. The van der Waals surface area contributed by atoms with Gasteiger partial charge in [-0.15, -0.1) is 0 Å². The van der Waals surface area contributed by atoms with Crippen LogP contribution in [-0.4, -0.2) is 16.2 Å². The zero-order valence-electron chi connectivity index (χ0n) is 15.4. The van der Waals surface area contributed by atoms with E-state index in [4.69, 9.17) is 16.9 Å². The van der Waals surface area contributed by atoms with Gasteiger partial charge in [-0.05, 0) is 49.0 Å². The highest BCUT2D eigenvalue weighted by molar-refractivity contribution is 6.05. The van der Waals surface area contributed by atoms with E-state index in [1.165, 1.54) is 17.7 Å². The van der Waals surface area contributed by atoms with Gasteiger partial charge in [0.1, 0.15) is 11.5 Å². The Morgan fingerprint density at radius 2 is 2.04 bits per heavy atom. The summed E-state index contributed by atoms with van der Waals surface area (Å²) in [6.45, 7) is 1.94. The normalized spacial score (nSPS) is 13.7. The van der Waals surface area contributed by atoms with Crippen LogP contribution in [0, 0.1) is 18.2 Å². The van der Waals surface area contributed by atoms with Gasteiger partial charge in [0.25, 0.3) is 5.56 Å². The van der Waals surface area contributed by atoms with Gasteiger partial charge in [-0.25, -0.2) is 4.39 Å². The lowest BCUT2D eigenvalue weighted by atomic mass is 9.94. The third-order valence-electron chi connectivity index (χ3n) is 5.36. The second-order valence-corrected chi connectivity index (χ2v) is 6.95. The van der Waals surface area contributed by atoms with E-state index in [1.54, 1.807) is 6.20 Å². The number of hydrogen-bond donors (Lipinski definition) is 4. The van der Waals surface area contributed by atoms with Crippen molar-refractivity contribution >= 4 is 34.2 Å². The van der Waals surface area contributed by atoms with Crippen LogP contribution in [0.2, 0.25) is 0 Å². The third-order valence-corrected chi connectivity index (χ3v) is 5.36. The van der Waals surface area contributed by atoms with E-state index in [-0.39, 0.29) is 16.9 Å². The first-order chi connectivity index (χ1) is 13.4. The van der Waals surface area contributed by atoms with Gasteiger partial charge in [-0.2, -0.15) is 0 Å². The number of aromatic nitrogens is 2. The number of fused-ring (bicyclic) bond motifs is 1. The van der Waals surface area contributed by atoms with Crippen molar-refractivity contribution in [2.45, 2.75) is 26.2 Å². The Balaban J connectivity index is 2.09. The molecule has 4 rings (SSSR count). The van der Waals surface area contributed by atoms with Crippen molar-refractivity contribution in [3.05, 3.63) is 57.3 Å². The highest BCUT2D eigenvalue weighted by atomic mass is 19.1. The molecule has 2 aromatic heterocycles. The third kappa shape index (κ3) is 2.58. The molecular weight excluding hydrogens is 357 g/mol. The van der Waals surface area contributed by atoms with Crippen LogP contribution in [0.25, 0.3) is 27.7 Å². The average molecular weight is 377 g/mol. The fourth-order valence-corrected chi connectivity index (χ4v) is 3.86. The van der Waals surface area contributed by atoms with Crippen molar-refractivity contribution in [2.75, 3.05) is 11.5 Å². The summed E-state index contributed by atoms with van der Waals surface area (Å²) in [5.74, 6) is -0.630. The van der Waals surface area contributed by atoms with Crippen molar-refractivity contribution in [1.82, 2.24) is 9.97 Å². The molecule has 7 heteroatoms. The minimum absolute atomic E-state index is 0.0404. The Bertz CT molecular complexity index is 1230. The number of rotatable bonds is 3. The highest BCUT2D eigenvalue weighted by Crippen LogP contribution is 2.37. The number of aryl methyl sites for hydroxylation is 1. The number of anilines is 2. The van der Waals surface area contributed by atoms with E-state index >= 15 is 0 Å². The molecule has 3 aromatic rings. The first-order valence-electron chi connectivity index (χ1n) is 9.03. The number of allylic oxidation sites excluding steroid dienone is 2. The molecule has 0 amide bonds. The van der Waals surface area contributed by atoms with Crippen LogP contribution in [0.1, 0.15) is 36.0 Å². The van der Waals surface area contributed by atoms with Crippen molar-refractivity contribution < 1.29 is 4.39 Å². The van der Waals surface area contributed by atoms with Gasteiger partial charge < -0.3 is 21.9 Å². The van der Waals surface area contributed by atoms with Gasteiger partial charge in [0.2, 0.25) is 0 Å². The van der Waals surface area contributed by atoms with E-state index in [2.05, 4.69) is 16.0 Å². The standard InChI is InChI=1S/C21H20FN5O/c1-10-14(11-4-2-3-5-11)9-26-20-16(18(25)21(28)27-19(10)20)12-6-7-15(22)17(24)13(12)8-23/h4,6-9,23H,2-3,5,24-25H2,1H3,(H,27,28). The topological polar surface area (TPSA) is 122 Å². The monoisotopic (exact) mass is 377 g/mol. The lowest BCUT2D eigenvalue weighted by molar-refractivity contribution is 0.632. The highest BCUT2D eigenvalue weighted by Gasteiger charge is 2.21. The molecule has 28 heavy (non-hydrogen) atoms. The molecule has 0 atom stereocenters. The molecule has 0 spiro atoms. The maximum Gasteiger partial charge on any atom is 0.272 e. The molecule has 1 aliphatic rings. The molecule has 6 nitrogen and oxygen atoms in total. The Morgan fingerprint density at radius 3 is 2.71 bits per heavy atom. The number of pyridine rings is 2. The molecule has 0 unspecified atom stereocenters. The van der Waals surface area contributed by atoms with Gasteiger partial charge >= 0.3 is 0 Å². The molecule has 6 N–H and O–H groups in total. The molecule has 0 saturated carbocycles. The molecule has 1 aromatic carbocycles. The molecule has 2 heterocycles. The number of nitrogens with two attached hydrogens (primary N) is 2. The van der Waals surface area contributed by atoms with Crippen molar-refractivity contribution in [3.8, 4) is 11.1 Å². The lowest BCUT2D eigenvalue weighted by Gasteiger charge is -2.16. The van der Waals surface area contributed by atoms with Crippen LogP contribution in [-0.2, 0) is 0 Å². The SMILES string of the molecule is Cc1c(C2=CCCC2)cnc2c(-c3ccc(F)c(N)c3C=N)c(N)c(=O)[nH]c12. The number of benzene rings is 1. The number of nitrogens with one attached hydrogen (secondary N) is 2. The van der Waals surface area contributed by atoms with Crippen LogP contribution >= 0.6 is 0 Å². The quantitative estimate of drug-likeness (QED) is 0.410. The minimum Gasteiger partial charge on any atom is -0.396 e. The second kappa shape index (κ2) is 6.60. The Labute approximate surface area is 160 Å². The number of nitrogen functional groups attached to an aromatic ring is 2. The van der Waals surface area contributed by atoms with Crippen LogP contribution in [0.3, 0.4) is 0 Å². The number of H-pyrrole nitrogens is 1. The zero-order chi connectivity index (χ0) is 20.0. The summed E-state index contributed by atoms with van der Waals surface area (Å²) in [6, 6.07) is 2.68. The van der Waals surface area contributed by atoms with Gasteiger partial charge in [0.15, 0.2) is 0 Å². The second-order valence-electron chi connectivity index (χ2n) is 6.95.